The zero-order chi connectivity index (χ0) is 10.6. The van der Waals surface area contributed by atoms with E-state index in [9.17, 15) is 4.39 Å². The van der Waals surface area contributed by atoms with Crippen LogP contribution in [0.3, 0.4) is 0 Å². The third-order valence-electron chi connectivity index (χ3n) is 2.22. The van der Waals surface area contributed by atoms with Crippen LogP contribution >= 0.6 is 0 Å². The van der Waals surface area contributed by atoms with Gasteiger partial charge in [0.05, 0.1) is 0 Å². The molecule has 0 N–H and O–H groups in total. The van der Waals surface area contributed by atoms with Crippen molar-refractivity contribution in [2.75, 3.05) is 0 Å². The molecule has 0 aliphatic rings. The van der Waals surface area contributed by atoms with Gasteiger partial charge in [-0.1, -0.05) is 23.8 Å². The van der Waals surface area contributed by atoms with Crippen molar-refractivity contribution in [1.82, 2.24) is 0 Å². The molecule has 0 nitrogen and oxygen atoms in total. The standard InChI is InChI=1S/C13H17F/c1-10(2)5-4-6-12-8-7-11(3)13(14)9-12/h5,7-9H,4,6H2,1-3H3. The van der Waals surface area contributed by atoms with Crippen LogP contribution in [0, 0.1) is 12.7 Å². The maximum atomic E-state index is 13.1. The molecule has 1 aromatic carbocycles. The van der Waals surface area contributed by atoms with E-state index in [-0.39, 0.29) is 5.82 Å². The second-order valence-corrected chi connectivity index (χ2v) is 3.90. The monoisotopic (exact) mass is 192 g/mol. The fraction of sp³-hybridized carbons (Fsp3) is 0.385. The van der Waals surface area contributed by atoms with Crippen molar-refractivity contribution >= 4 is 0 Å². The number of halogens is 1. The number of aryl methyl sites for hydroxylation is 2. The Hall–Kier alpha value is -1.11. The Kier molecular flexibility index (Phi) is 3.87. The SMILES string of the molecule is CC(C)=CCCc1ccc(C)c(F)c1. The van der Waals surface area contributed by atoms with E-state index in [0.717, 1.165) is 24.0 Å². The molecule has 0 aliphatic carbocycles. The highest BCUT2D eigenvalue weighted by atomic mass is 19.1. The summed E-state index contributed by atoms with van der Waals surface area (Å²) >= 11 is 0. The van der Waals surface area contributed by atoms with E-state index in [4.69, 9.17) is 0 Å². The average Bonchev–Trinajstić information content (AvgIpc) is 2.10. The molecule has 1 heteroatoms. The summed E-state index contributed by atoms with van der Waals surface area (Å²) in [7, 11) is 0. The predicted octanol–water partition coefficient (Wildman–Crippen LogP) is 4.03. The molecular weight excluding hydrogens is 175 g/mol. The Balaban J connectivity index is 2.60. The number of hydrogen-bond acceptors (Lipinski definition) is 0. The normalized spacial score (nSPS) is 10.0. The number of benzene rings is 1. The van der Waals surface area contributed by atoms with Gasteiger partial charge >= 0.3 is 0 Å². The maximum Gasteiger partial charge on any atom is 0.126 e. The molecule has 1 aromatic rings. The van der Waals surface area contributed by atoms with Crippen molar-refractivity contribution in [2.45, 2.75) is 33.6 Å². The molecule has 0 radical (unpaired) electrons. The highest BCUT2D eigenvalue weighted by molar-refractivity contribution is 5.23. The molecule has 0 saturated heterocycles. The molecule has 0 aliphatic heterocycles. The van der Waals surface area contributed by atoms with Gasteiger partial charge < -0.3 is 0 Å². The Morgan fingerprint density at radius 3 is 2.64 bits per heavy atom. The maximum absolute atomic E-state index is 13.1. The Morgan fingerprint density at radius 1 is 1.36 bits per heavy atom. The molecule has 0 amide bonds. The first-order valence-electron chi connectivity index (χ1n) is 4.98. The Labute approximate surface area is 85.5 Å². The average molecular weight is 192 g/mol. The summed E-state index contributed by atoms with van der Waals surface area (Å²) in [6, 6.07) is 5.47. The van der Waals surface area contributed by atoms with E-state index in [1.807, 2.05) is 12.1 Å². The summed E-state index contributed by atoms with van der Waals surface area (Å²) in [5, 5.41) is 0. The van der Waals surface area contributed by atoms with Crippen molar-refractivity contribution in [3.05, 3.63) is 46.8 Å². The molecule has 0 saturated carbocycles. The van der Waals surface area contributed by atoms with Gasteiger partial charge in [-0.05, 0) is 50.8 Å². The van der Waals surface area contributed by atoms with Crippen LogP contribution in [0.1, 0.15) is 31.4 Å². The molecule has 1 rings (SSSR count). The van der Waals surface area contributed by atoms with Gasteiger partial charge in [-0.2, -0.15) is 0 Å². The summed E-state index contributed by atoms with van der Waals surface area (Å²) in [4.78, 5) is 0. The highest BCUT2D eigenvalue weighted by Crippen LogP contribution is 2.11. The van der Waals surface area contributed by atoms with E-state index in [2.05, 4.69) is 19.9 Å². The van der Waals surface area contributed by atoms with Crippen LogP contribution < -0.4 is 0 Å². The lowest BCUT2D eigenvalue weighted by Crippen LogP contribution is -1.88. The third kappa shape index (κ3) is 3.33. The van der Waals surface area contributed by atoms with Gasteiger partial charge in [0.1, 0.15) is 5.82 Å². The zero-order valence-corrected chi connectivity index (χ0v) is 9.10. The lowest BCUT2D eigenvalue weighted by molar-refractivity contribution is 0.616. The summed E-state index contributed by atoms with van der Waals surface area (Å²) in [6.45, 7) is 5.95. The third-order valence-corrected chi connectivity index (χ3v) is 2.22. The molecule has 76 valence electrons. The van der Waals surface area contributed by atoms with E-state index >= 15 is 0 Å². The van der Waals surface area contributed by atoms with Crippen molar-refractivity contribution < 1.29 is 4.39 Å². The van der Waals surface area contributed by atoms with Crippen LogP contribution in [-0.4, -0.2) is 0 Å². The van der Waals surface area contributed by atoms with E-state index in [1.165, 1.54) is 5.57 Å². The molecule has 0 heterocycles. The topological polar surface area (TPSA) is 0 Å². The van der Waals surface area contributed by atoms with E-state index in [0.29, 0.717) is 0 Å². The zero-order valence-electron chi connectivity index (χ0n) is 9.10. The predicted molar refractivity (Wildman–Crippen MR) is 58.9 cm³/mol. The van der Waals surface area contributed by atoms with Crippen LogP contribution in [0.15, 0.2) is 29.8 Å². The quantitative estimate of drug-likeness (QED) is 0.634. The van der Waals surface area contributed by atoms with Gasteiger partial charge in [0.15, 0.2) is 0 Å². The molecular formula is C13H17F. The number of allylic oxidation sites excluding steroid dienone is 2. The van der Waals surface area contributed by atoms with Gasteiger partial charge in [-0.3, -0.25) is 0 Å². The first kappa shape index (κ1) is 11.0. The number of rotatable bonds is 3. The van der Waals surface area contributed by atoms with Crippen molar-refractivity contribution in [1.29, 1.82) is 0 Å². The van der Waals surface area contributed by atoms with Crippen LogP contribution in [0.5, 0.6) is 0 Å². The summed E-state index contributed by atoms with van der Waals surface area (Å²) in [5.41, 5.74) is 3.11. The second-order valence-electron chi connectivity index (χ2n) is 3.90. The first-order valence-corrected chi connectivity index (χ1v) is 4.98. The molecule has 0 spiro atoms. The first-order chi connectivity index (χ1) is 6.59. The second kappa shape index (κ2) is 4.94. The molecule has 0 atom stereocenters. The van der Waals surface area contributed by atoms with Gasteiger partial charge in [0.25, 0.3) is 0 Å². The molecule has 0 bridgehead atoms. The Bertz CT molecular complexity index is 333. The van der Waals surface area contributed by atoms with Crippen molar-refractivity contribution in [3.8, 4) is 0 Å². The number of hydrogen-bond donors (Lipinski definition) is 0. The van der Waals surface area contributed by atoms with Gasteiger partial charge in [0.2, 0.25) is 0 Å². The molecule has 14 heavy (non-hydrogen) atoms. The lowest BCUT2D eigenvalue weighted by atomic mass is 10.1. The fourth-order valence-electron chi connectivity index (χ4n) is 1.32. The fourth-order valence-corrected chi connectivity index (χ4v) is 1.32. The lowest BCUT2D eigenvalue weighted by Gasteiger charge is -2.01. The largest absolute Gasteiger partial charge is 0.207 e. The van der Waals surface area contributed by atoms with E-state index in [1.54, 1.807) is 13.0 Å². The minimum atomic E-state index is -0.0975. The summed E-state index contributed by atoms with van der Waals surface area (Å²) in [5.74, 6) is -0.0975. The minimum Gasteiger partial charge on any atom is -0.207 e. The molecule has 0 fully saturated rings. The van der Waals surface area contributed by atoms with Gasteiger partial charge in [-0.25, -0.2) is 4.39 Å². The minimum absolute atomic E-state index is 0.0975. The summed E-state index contributed by atoms with van der Waals surface area (Å²) in [6.07, 6.45) is 4.09. The Morgan fingerprint density at radius 2 is 2.07 bits per heavy atom. The van der Waals surface area contributed by atoms with Crippen molar-refractivity contribution in [2.24, 2.45) is 0 Å². The van der Waals surface area contributed by atoms with Gasteiger partial charge in [-0.15, -0.1) is 0 Å². The smallest absolute Gasteiger partial charge is 0.126 e. The molecule has 0 aromatic heterocycles. The summed E-state index contributed by atoms with van der Waals surface area (Å²) < 4.78 is 13.1. The highest BCUT2D eigenvalue weighted by Gasteiger charge is 1.98. The van der Waals surface area contributed by atoms with E-state index < -0.39 is 0 Å². The van der Waals surface area contributed by atoms with Crippen LogP contribution in [0.25, 0.3) is 0 Å². The van der Waals surface area contributed by atoms with Crippen LogP contribution in [0.4, 0.5) is 4.39 Å². The molecule has 0 unspecified atom stereocenters. The van der Waals surface area contributed by atoms with Gasteiger partial charge in [0, 0.05) is 0 Å². The van der Waals surface area contributed by atoms with Crippen LogP contribution in [0.2, 0.25) is 0 Å². The van der Waals surface area contributed by atoms with Crippen LogP contribution in [-0.2, 0) is 6.42 Å². The van der Waals surface area contributed by atoms with Crippen molar-refractivity contribution in [3.63, 3.8) is 0 Å².